The van der Waals surface area contributed by atoms with E-state index in [0.29, 0.717) is 18.6 Å². The van der Waals surface area contributed by atoms with E-state index >= 15 is 0 Å². The van der Waals surface area contributed by atoms with Crippen LogP contribution in [0.2, 0.25) is 0 Å². The molecule has 3 N–H and O–H groups in total. The molecule has 7 heteroatoms. The highest BCUT2D eigenvalue weighted by Crippen LogP contribution is 2.36. The highest BCUT2D eigenvalue weighted by molar-refractivity contribution is 8.14. The number of hydrogen-bond acceptors (Lipinski definition) is 4. The summed E-state index contributed by atoms with van der Waals surface area (Å²) in [6.45, 7) is 2.42. The van der Waals surface area contributed by atoms with Crippen LogP contribution < -0.4 is 5.73 Å². The molecule has 0 saturated carbocycles. The van der Waals surface area contributed by atoms with Gasteiger partial charge in [-0.3, -0.25) is 5.41 Å². The molecule has 3 rings (SSSR count). The molecule has 94 valence electrons. The van der Waals surface area contributed by atoms with Crippen LogP contribution in [0, 0.1) is 11.3 Å². The normalized spacial score (nSPS) is 38.9. The van der Waals surface area contributed by atoms with Crippen LogP contribution in [0.1, 0.15) is 6.42 Å². The smallest absolute Gasteiger partial charge is 0.214 e. The number of amidine groups is 1. The first kappa shape index (κ1) is 11.3. The summed E-state index contributed by atoms with van der Waals surface area (Å²) in [7, 11) is 0. The Labute approximate surface area is 104 Å². The van der Waals surface area contributed by atoms with Gasteiger partial charge in [0.05, 0.1) is 19.3 Å². The fourth-order valence-corrected chi connectivity index (χ4v) is 3.71. The Balaban J connectivity index is 1.77. The van der Waals surface area contributed by atoms with Gasteiger partial charge < -0.3 is 20.1 Å². The quantitative estimate of drug-likeness (QED) is 0.511. The molecule has 0 unspecified atom stereocenters. The molecule has 3 atom stereocenters. The summed E-state index contributed by atoms with van der Waals surface area (Å²) in [6.07, 6.45) is 1.01. The van der Waals surface area contributed by atoms with Crippen molar-refractivity contribution in [3.8, 4) is 0 Å². The van der Waals surface area contributed by atoms with Gasteiger partial charge in [-0.2, -0.15) is 4.99 Å². The zero-order valence-electron chi connectivity index (χ0n) is 9.46. The number of aliphatic imine (C=N–C) groups is 1. The molecule has 0 aromatic carbocycles. The molecular formula is C10H16N4O2S. The molecule has 0 amide bonds. The lowest BCUT2D eigenvalue weighted by molar-refractivity contribution is -0.0905. The van der Waals surface area contributed by atoms with Crippen molar-refractivity contribution in [2.24, 2.45) is 16.6 Å². The lowest BCUT2D eigenvalue weighted by atomic mass is 9.99. The molecule has 3 aliphatic rings. The number of guanidine groups is 1. The largest absolute Gasteiger partial charge is 0.368 e. The summed E-state index contributed by atoms with van der Waals surface area (Å²) in [6, 6.07) is 0.329. The number of thioether (sulfide) groups is 1. The standard InChI is InChI=1S/C10H16N4O2S/c11-9(12)13-10-14(2-4-17-10)7-5-16-8-6(7)1-3-15-8/h6-8H,1-5H2,(H3,11,12)/b13-10-/t6-,7+,8+/m0/s1. The fraction of sp³-hybridized carbons (Fsp3) is 0.800. The van der Waals surface area contributed by atoms with Crippen molar-refractivity contribution in [1.82, 2.24) is 4.90 Å². The molecule has 3 saturated heterocycles. The highest BCUT2D eigenvalue weighted by atomic mass is 32.2. The van der Waals surface area contributed by atoms with Crippen molar-refractivity contribution >= 4 is 22.9 Å². The Hall–Kier alpha value is -0.790. The third-order valence-electron chi connectivity index (χ3n) is 3.43. The Morgan fingerprint density at radius 3 is 3.24 bits per heavy atom. The van der Waals surface area contributed by atoms with E-state index in [1.165, 1.54) is 0 Å². The molecule has 0 radical (unpaired) electrons. The molecule has 0 aromatic heterocycles. The van der Waals surface area contributed by atoms with Crippen molar-refractivity contribution < 1.29 is 9.47 Å². The second-order valence-electron chi connectivity index (χ2n) is 4.41. The topological polar surface area (TPSA) is 83.9 Å². The third kappa shape index (κ3) is 2.02. The van der Waals surface area contributed by atoms with E-state index in [1.807, 2.05) is 0 Å². The van der Waals surface area contributed by atoms with Gasteiger partial charge in [-0.15, -0.1) is 0 Å². The Kier molecular flexibility index (Phi) is 2.97. The number of nitrogens with one attached hydrogen (secondary N) is 1. The molecule has 3 heterocycles. The maximum absolute atomic E-state index is 7.26. The van der Waals surface area contributed by atoms with Crippen LogP contribution >= 0.6 is 11.8 Å². The number of rotatable bonds is 1. The summed E-state index contributed by atoms with van der Waals surface area (Å²) in [5.74, 6) is 1.31. The Bertz CT molecular complexity index is 362. The van der Waals surface area contributed by atoms with E-state index < -0.39 is 0 Å². The number of nitrogens with zero attached hydrogens (tertiary/aromatic N) is 2. The van der Waals surface area contributed by atoms with Gasteiger partial charge in [0.2, 0.25) is 5.96 Å². The van der Waals surface area contributed by atoms with Crippen molar-refractivity contribution in [3.63, 3.8) is 0 Å². The van der Waals surface area contributed by atoms with Crippen LogP contribution in [0.3, 0.4) is 0 Å². The summed E-state index contributed by atoms with van der Waals surface area (Å²) in [5.41, 5.74) is 5.34. The molecule has 3 fully saturated rings. The Morgan fingerprint density at radius 2 is 2.41 bits per heavy atom. The van der Waals surface area contributed by atoms with Gasteiger partial charge in [0.1, 0.15) is 0 Å². The van der Waals surface area contributed by atoms with Crippen LogP contribution in [0.25, 0.3) is 0 Å². The first-order valence-electron chi connectivity index (χ1n) is 5.81. The fourth-order valence-electron chi connectivity index (χ4n) is 2.68. The predicted octanol–water partition coefficient (Wildman–Crippen LogP) is 0.0461. The van der Waals surface area contributed by atoms with Crippen LogP contribution in [0.4, 0.5) is 0 Å². The van der Waals surface area contributed by atoms with E-state index in [2.05, 4.69) is 9.89 Å². The minimum Gasteiger partial charge on any atom is -0.368 e. The van der Waals surface area contributed by atoms with Crippen LogP contribution in [-0.2, 0) is 9.47 Å². The first-order valence-corrected chi connectivity index (χ1v) is 6.79. The Morgan fingerprint density at radius 1 is 1.53 bits per heavy atom. The summed E-state index contributed by atoms with van der Waals surface area (Å²) >= 11 is 1.66. The maximum atomic E-state index is 7.26. The van der Waals surface area contributed by atoms with E-state index in [-0.39, 0.29) is 12.2 Å². The van der Waals surface area contributed by atoms with Gasteiger partial charge in [0.25, 0.3) is 0 Å². The monoisotopic (exact) mass is 256 g/mol. The predicted molar refractivity (Wildman–Crippen MR) is 66.1 cm³/mol. The number of nitrogens with two attached hydrogens (primary N) is 1. The lowest BCUT2D eigenvalue weighted by Crippen LogP contribution is -2.41. The minimum atomic E-state index is -0.127. The summed E-state index contributed by atoms with van der Waals surface area (Å²) in [4.78, 5) is 6.31. The van der Waals surface area contributed by atoms with Gasteiger partial charge in [-0.25, -0.2) is 0 Å². The maximum Gasteiger partial charge on any atom is 0.214 e. The second kappa shape index (κ2) is 4.47. The van der Waals surface area contributed by atoms with E-state index in [0.717, 1.165) is 30.5 Å². The molecule has 0 bridgehead atoms. The van der Waals surface area contributed by atoms with Gasteiger partial charge in [-0.05, 0) is 6.42 Å². The molecule has 0 spiro atoms. The molecule has 0 aromatic rings. The number of ether oxygens (including phenoxy) is 2. The van der Waals surface area contributed by atoms with Gasteiger partial charge >= 0.3 is 0 Å². The number of fused-ring (bicyclic) bond motifs is 1. The van der Waals surface area contributed by atoms with E-state index in [1.54, 1.807) is 11.8 Å². The minimum absolute atomic E-state index is 0.0378. The van der Waals surface area contributed by atoms with Crippen LogP contribution in [0.5, 0.6) is 0 Å². The molecule has 17 heavy (non-hydrogen) atoms. The summed E-state index contributed by atoms with van der Waals surface area (Å²) in [5, 5.41) is 8.12. The summed E-state index contributed by atoms with van der Waals surface area (Å²) < 4.78 is 11.2. The van der Waals surface area contributed by atoms with Crippen LogP contribution in [-0.4, -0.2) is 53.9 Å². The average molecular weight is 256 g/mol. The van der Waals surface area contributed by atoms with E-state index in [9.17, 15) is 0 Å². The molecule has 0 aliphatic carbocycles. The second-order valence-corrected chi connectivity index (χ2v) is 5.48. The van der Waals surface area contributed by atoms with Crippen molar-refractivity contribution in [3.05, 3.63) is 0 Å². The lowest BCUT2D eigenvalue weighted by Gasteiger charge is -2.27. The zero-order valence-corrected chi connectivity index (χ0v) is 10.3. The number of hydrogen-bond donors (Lipinski definition) is 2. The molecule has 6 nitrogen and oxygen atoms in total. The molecular weight excluding hydrogens is 240 g/mol. The molecule has 3 aliphatic heterocycles. The third-order valence-corrected chi connectivity index (χ3v) is 4.40. The zero-order chi connectivity index (χ0) is 11.8. The van der Waals surface area contributed by atoms with Crippen molar-refractivity contribution in [2.75, 3.05) is 25.5 Å². The van der Waals surface area contributed by atoms with Crippen molar-refractivity contribution in [1.29, 1.82) is 5.41 Å². The van der Waals surface area contributed by atoms with E-state index in [4.69, 9.17) is 20.6 Å². The van der Waals surface area contributed by atoms with Gasteiger partial charge in [0.15, 0.2) is 11.5 Å². The SMILES string of the molecule is N=C(N)/N=C1\SCCN1[C@@H]1CO[C@H]2OCC[C@H]21. The highest BCUT2D eigenvalue weighted by Gasteiger charge is 2.46. The average Bonchev–Trinajstić information content (AvgIpc) is 2.90. The van der Waals surface area contributed by atoms with Crippen molar-refractivity contribution in [2.45, 2.75) is 18.8 Å². The van der Waals surface area contributed by atoms with Gasteiger partial charge in [-0.1, -0.05) is 11.8 Å². The van der Waals surface area contributed by atoms with Gasteiger partial charge in [0, 0.05) is 18.2 Å². The van der Waals surface area contributed by atoms with Crippen LogP contribution in [0.15, 0.2) is 4.99 Å². The first-order chi connectivity index (χ1) is 8.25.